The van der Waals surface area contributed by atoms with Crippen molar-refractivity contribution < 1.29 is 14.8 Å². The van der Waals surface area contributed by atoms with Crippen LogP contribution in [0.1, 0.15) is 30.2 Å². The summed E-state index contributed by atoms with van der Waals surface area (Å²) in [4.78, 5) is 20.2. The molecule has 1 rings (SSSR count). The quantitative estimate of drug-likeness (QED) is 0.579. The van der Waals surface area contributed by atoms with Crippen molar-refractivity contribution in [3.8, 4) is 0 Å². The molecule has 0 bridgehead atoms. The first-order valence-corrected chi connectivity index (χ1v) is 3.90. The standard InChI is InChI=1S/C7H9N3O4/c1-4(2)9-3-5(7(11)12)6(8-9)10(13)14/h3-4H,1-2H3,(H,11,12). The summed E-state index contributed by atoms with van der Waals surface area (Å²) in [6.45, 7) is 3.50. The lowest BCUT2D eigenvalue weighted by Gasteiger charge is -1.96. The van der Waals surface area contributed by atoms with Gasteiger partial charge in [0.1, 0.15) is 0 Å². The van der Waals surface area contributed by atoms with Crippen LogP contribution in [0.25, 0.3) is 0 Å². The normalized spacial score (nSPS) is 10.5. The lowest BCUT2D eigenvalue weighted by Crippen LogP contribution is -2.01. The molecule has 0 atom stereocenters. The summed E-state index contributed by atoms with van der Waals surface area (Å²) >= 11 is 0. The molecule has 0 aromatic carbocycles. The zero-order chi connectivity index (χ0) is 10.9. The van der Waals surface area contributed by atoms with Gasteiger partial charge in [-0.1, -0.05) is 0 Å². The van der Waals surface area contributed by atoms with Crippen molar-refractivity contribution in [3.63, 3.8) is 0 Å². The molecule has 0 radical (unpaired) electrons. The Labute approximate surface area is 79.1 Å². The highest BCUT2D eigenvalue weighted by atomic mass is 16.6. The largest absolute Gasteiger partial charge is 0.477 e. The third kappa shape index (κ3) is 1.70. The Morgan fingerprint density at radius 2 is 2.29 bits per heavy atom. The highest BCUT2D eigenvalue weighted by molar-refractivity contribution is 5.91. The SMILES string of the molecule is CC(C)n1cc(C(=O)O)c([N+](=O)[O-])n1. The van der Waals surface area contributed by atoms with E-state index in [-0.39, 0.29) is 11.6 Å². The summed E-state index contributed by atoms with van der Waals surface area (Å²) in [5, 5.41) is 22.6. The predicted molar refractivity (Wildman–Crippen MR) is 46.2 cm³/mol. The number of rotatable bonds is 3. The number of carboxylic acid groups (broad SMARTS) is 1. The Morgan fingerprint density at radius 3 is 2.57 bits per heavy atom. The fourth-order valence-electron chi connectivity index (χ4n) is 0.932. The molecule has 1 N–H and O–H groups in total. The van der Waals surface area contributed by atoms with E-state index in [4.69, 9.17) is 5.11 Å². The van der Waals surface area contributed by atoms with Gasteiger partial charge >= 0.3 is 11.8 Å². The zero-order valence-electron chi connectivity index (χ0n) is 7.67. The molecule has 0 aliphatic heterocycles. The summed E-state index contributed by atoms with van der Waals surface area (Å²) in [6, 6.07) is -0.109. The molecule has 76 valence electrons. The van der Waals surface area contributed by atoms with Gasteiger partial charge in [-0.3, -0.25) is 0 Å². The molecule has 1 heterocycles. The van der Waals surface area contributed by atoms with Crippen LogP contribution in [0.15, 0.2) is 6.20 Å². The fourth-order valence-corrected chi connectivity index (χ4v) is 0.932. The molecule has 0 unspecified atom stereocenters. The minimum atomic E-state index is -1.34. The zero-order valence-corrected chi connectivity index (χ0v) is 7.67. The van der Waals surface area contributed by atoms with Crippen LogP contribution in [0.3, 0.4) is 0 Å². The Hall–Kier alpha value is -1.92. The molecule has 14 heavy (non-hydrogen) atoms. The van der Waals surface area contributed by atoms with Crippen LogP contribution in [0.4, 0.5) is 5.82 Å². The Morgan fingerprint density at radius 1 is 1.71 bits per heavy atom. The van der Waals surface area contributed by atoms with Crippen molar-refractivity contribution in [3.05, 3.63) is 21.9 Å². The topological polar surface area (TPSA) is 98.3 Å². The van der Waals surface area contributed by atoms with Gasteiger partial charge in [0.15, 0.2) is 5.56 Å². The monoisotopic (exact) mass is 199 g/mol. The average Bonchev–Trinajstić information content (AvgIpc) is 2.47. The molecule has 0 fully saturated rings. The first-order chi connectivity index (χ1) is 6.43. The summed E-state index contributed by atoms with van der Waals surface area (Å²) < 4.78 is 1.25. The van der Waals surface area contributed by atoms with Gasteiger partial charge in [-0.05, 0) is 18.8 Å². The third-order valence-corrected chi connectivity index (χ3v) is 1.64. The van der Waals surface area contributed by atoms with Gasteiger partial charge < -0.3 is 15.2 Å². The minimum absolute atomic E-state index is 0.109. The maximum atomic E-state index is 10.6. The number of aromatic carboxylic acids is 1. The lowest BCUT2D eigenvalue weighted by molar-refractivity contribution is -0.390. The van der Waals surface area contributed by atoms with Crippen molar-refractivity contribution in [1.29, 1.82) is 0 Å². The molecule has 0 aliphatic rings. The van der Waals surface area contributed by atoms with E-state index in [0.717, 1.165) is 6.20 Å². The number of carboxylic acids is 1. The fraction of sp³-hybridized carbons (Fsp3) is 0.429. The van der Waals surface area contributed by atoms with E-state index in [0.29, 0.717) is 0 Å². The first-order valence-electron chi connectivity index (χ1n) is 3.90. The van der Waals surface area contributed by atoms with Crippen molar-refractivity contribution in [1.82, 2.24) is 9.78 Å². The molecule has 1 aromatic rings. The van der Waals surface area contributed by atoms with Crippen molar-refractivity contribution >= 4 is 11.8 Å². The molecule has 0 spiro atoms. The van der Waals surface area contributed by atoms with E-state index in [1.807, 2.05) is 0 Å². The molecule has 0 saturated heterocycles. The van der Waals surface area contributed by atoms with E-state index in [1.165, 1.54) is 4.68 Å². The third-order valence-electron chi connectivity index (χ3n) is 1.64. The van der Waals surface area contributed by atoms with Gasteiger partial charge in [0.05, 0.1) is 17.3 Å². The Bertz CT molecular complexity index is 351. The molecule has 7 heteroatoms. The lowest BCUT2D eigenvalue weighted by atomic mass is 10.3. The second-order valence-corrected chi connectivity index (χ2v) is 3.00. The molecular weight excluding hydrogens is 190 g/mol. The summed E-state index contributed by atoms with van der Waals surface area (Å²) in [5.74, 6) is -1.96. The summed E-state index contributed by atoms with van der Waals surface area (Å²) in [5.41, 5.74) is -0.385. The van der Waals surface area contributed by atoms with Crippen molar-refractivity contribution in [2.45, 2.75) is 19.9 Å². The second kappa shape index (κ2) is 3.44. The summed E-state index contributed by atoms with van der Waals surface area (Å²) in [6.07, 6.45) is 1.16. The van der Waals surface area contributed by atoms with Gasteiger partial charge in [-0.2, -0.15) is 4.68 Å². The van der Waals surface area contributed by atoms with E-state index in [1.54, 1.807) is 13.8 Å². The van der Waals surface area contributed by atoms with Crippen LogP contribution >= 0.6 is 0 Å². The van der Waals surface area contributed by atoms with E-state index >= 15 is 0 Å². The molecule has 7 nitrogen and oxygen atoms in total. The van der Waals surface area contributed by atoms with Crippen LogP contribution in [-0.4, -0.2) is 25.8 Å². The smallest absolute Gasteiger partial charge is 0.404 e. The molecule has 0 aliphatic carbocycles. The Kier molecular flexibility index (Phi) is 2.50. The van der Waals surface area contributed by atoms with Gasteiger partial charge in [0.2, 0.25) is 0 Å². The average molecular weight is 199 g/mol. The van der Waals surface area contributed by atoms with E-state index in [2.05, 4.69) is 5.10 Å². The number of nitro groups is 1. The van der Waals surface area contributed by atoms with Gasteiger partial charge in [0, 0.05) is 0 Å². The highest BCUT2D eigenvalue weighted by Gasteiger charge is 2.26. The highest BCUT2D eigenvalue weighted by Crippen LogP contribution is 2.17. The molecule has 0 saturated carbocycles. The van der Waals surface area contributed by atoms with Crippen LogP contribution in [-0.2, 0) is 0 Å². The van der Waals surface area contributed by atoms with E-state index in [9.17, 15) is 14.9 Å². The van der Waals surface area contributed by atoms with Crippen LogP contribution in [0, 0.1) is 10.1 Å². The number of nitrogens with zero attached hydrogens (tertiary/aromatic N) is 3. The number of carbonyl (C=O) groups is 1. The second-order valence-electron chi connectivity index (χ2n) is 3.00. The van der Waals surface area contributed by atoms with Gasteiger partial charge in [-0.15, -0.1) is 0 Å². The van der Waals surface area contributed by atoms with Crippen molar-refractivity contribution in [2.24, 2.45) is 0 Å². The maximum absolute atomic E-state index is 10.6. The van der Waals surface area contributed by atoms with Crippen molar-refractivity contribution in [2.75, 3.05) is 0 Å². The maximum Gasteiger partial charge on any atom is 0.404 e. The summed E-state index contributed by atoms with van der Waals surface area (Å²) in [7, 11) is 0. The Balaban J connectivity index is 3.26. The van der Waals surface area contributed by atoms with Gasteiger partial charge in [0.25, 0.3) is 0 Å². The molecular formula is C7H9N3O4. The molecule has 0 amide bonds. The number of hydrogen-bond acceptors (Lipinski definition) is 4. The van der Waals surface area contributed by atoms with Crippen LogP contribution < -0.4 is 0 Å². The van der Waals surface area contributed by atoms with Crippen LogP contribution in [0.5, 0.6) is 0 Å². The number of aromatic nitrogens is 2. The van der Waals surface area contributed by atoms with Crippen LogP contribution in [0.2, 0.25) is 0 Å². The predicted octanol–water partition coefficient (Wildman–Crippen LogP) is 1.07. The number of hydrogen-bond donors (Lipinski definition) is 1. The molecule has 1 aromatic heterocycles. The van der Waals surface area contributed by atoms with E-state index < -0.39 is 16.7 Å². The minimum Gasteiger partial charge on any atom is -0.477 e. The first kappa shape index (κ1) is 10.2. The van der Waals surface area contributed by atoms with Gasteiger partial charge in [-0.25, -0.2) is 4.79 Å².